The fraction of sp³-hybridized carbons (Fsp3) is 0.273. The second kappa shape index (κ2) is 5.92. The van der Waals surface area contributed by atoms with Crippen LogP contribution in [-0.2, 0) is 20.7 Å². The molecule has 1 unspecified atom stereocenters. The van der Waals surface area contributed by atoms with Gasteiger partial charge in [-0.15, -0.1) is 12.6 Å². The Morgan fingerprint density at radius 2 is 1.94 bits per heavy atom. The lowest BCUT2D eigenvalue weighted by molar-refractivity contribution is -0.147. The molecule has 0 radical (unpaired) electrons. The van der Waals surface area contributed by atoms with E-state index in [9.17, 15) is 9.59 Å². The van der Waals surface area contributed by atoms with Crippen LogP contribution < -0.4 is 0 Å². The zero-order valence-corrected chi connectivity index (χ0v) is 10.3. The molecule has 0 saturated heterocycles. The van der Waals surface area contributed by atoms with Crippen molar-refractivity contribution in [1.29, 1.82) is 0 Å². The maximum Gasteiger partial charge on any atom is 0.317 e. The van der Waals surface area contributed by atoms with Crippen LogP contribution >= 0.6 is 24.2 Å². The van der Waals surface area contributed by atoms with E-state index < -0.39 is 17.0 Å². The van der Waals surface area contributed by atoms with Crippen LogP contribution in [0, 0.1) is 5.92 Å². The van der Waals surface area contributed by atoms with Crippen molar-refractivity contribution in [2.45, 2.75) is 6.42 Å². The van der Waals surface area contributed by atoms with Gasteiger partial charge in [0.25, 0.3) is 0 Å². The van der Waals surface area contributed by atoms with E-state index in [-0.39, 0.29) is 6.42 Å². The lowest BCUT2D eigenvalue weighted by Gasteiger charge is -2.10. The van der Waals surface area contributed by atoms with Gasteiger partial charge in [-0.3, -0.25) is 9.59 Å². The number of carbonyl (C=O) groups is 2. The van der Waals surface area contributed by atoms with Crippen LogP contribution in [0.3, 0.4) is 0 Å². The summed E-state index contributed by atoms with van der Waals surface area (Å²) in [4.78, 5) is 22.5. The highest BCUT2D eigenvalue weighted by Gasteiger charge is 2.25. The number of benzene rings is 1. The van der Waals surface area contributed by atoms with Gasteiger partial charge in [-0.2, -0.15) is 0 Å². The summed E-state index contributed by atoms with van der Waals surface area (Å²) in [6.45, 7) is 0. The summed E-state index contributed by atoms with van der Waals surface area (Å²) in [5.41, 5.74) is 0.835. The Kier molecular flexibility index (Phi) is 4.83. The number of halogens is 1. The third-order valence-corrected chi connectivity index (χ3v) is 2.70. The quantitative estimate of drug-likeness (QED) is 0.511. The molecule has 0 N–H and O–H groups in total. The number of carbonyl (C=O) groups excluding carboxylic acids is 2. The van der Waals surface area contributed by atoms with Crippen LogP contribution in [0.1, 0.15) is 5.56 Å². The maximum atomic E-state index is 11.3. The summed E-state index contributed by atoms with van der Waals surface area (Å²) in [5.74, 6) is -1.44. The van der Waals surface area contributed by atoms with Gasteiger partial charge in [0.2, 0.25) is 5.12 Å². The van der Waals surface area contributed by atoms with Crippen molar-refractivity contribution in [3.05, 3.63) is 34.9 Å². The minimum absolute atomic E-state index is 0.270. The Bertz CT molecular complexity index is 389. The van der Waals surface area contributed by atoms with Crippen molar-refractivity contribution in [2.75, 3.05) is 7.11 Å². The minimum atomic E-state index is -0.866. The molecule has 1 atom stereocenters. The van der Waals surface area contributed by atoms with E-state index in [0.29, 0.717) is 5.02 Å². The Morgan fingerprint density at radius 1 is 1.38 bits per heavy atom. The van der Waals surface area contributed by atoms with E-state index >= 15 is 0 Å². The smallest absolute Gasteiger partial charge is 0.317 e. The van der Waals surface area contributed by atoms with Gasteiger partial charge in [-0.1, -0.05) is 23.7 Å². The molecule has 1 aromatic carbocycles. The SMILES string of the molecule is COC(=O)C(Cc1ccc(Cl)cc1)C(=O)S. The zero-order valence-electron chi connectivity index (χ0n) is 8.64. The molecular formula is C11H11ClO3S. The molecule has 0 aliphatic carbocycles. The Hall–Kier alpha value is -1.000. The van der Waals surface area contributed by atoms with Gasteiger partial charge in [0.05, 0.1) is 7.11 Å². The lowest BCUT2D eigenvalue weighted by atomic mass is 10.0. The highest BCUT2D eigenvalue weighted by molar-refractivity contribution is 7.96. The number of esters is 1. The molecule has 0 amide bonds. The fourth-order valence-corrected chi connectivity index (χ4v) is 1.59. The molecule has 0 aliphatic rings. The lowest BCUT2D eigenvalue weighted by Crippen LogP contribution is -2.24. The second-order valence-corrected chi connectivity index (χ2v) is 4.12. The van der Waals surface area contributed by atoms with Gasteiger partial charge in [-0.25, -0.2) is 0 Å². The topological polar surface area (TPSA) is 43.4 Å². The molecule has 0 aliphatic heterocycles. The number of methoxy groups -OCH3 is 1. The normalized spacial score (nSPS) is 11.9. The van der Waals surface area contributed by atoms with Crippen molar-refractivity contribution < 1.29 is 14.3 Å². The van der Waals surface area contributed by atoms with Crippen LogP contribution in [0.25, 0.3) is 0 Å². The van der Waals surface area contributed by atoms with E-state index in [1.807, 2.05) is 0 Å². The first-order chi connectivity index (χ1) is 7.54. The third kappa shape index (κ3) is 3.54. The van der Waals surface area contributed by atoms with Crippen LogP contribution in [0.2, 0.25) is 5.02 Å². The molecule has 86 valence electrons. The first kappa shape index (κ1) is 13.1. The Morgan fingerprint density at radius 3 is 2.38 bits per heavy atom. The van der Waals surface area contributed by atoms with Gasteiger partial charge in [0, 0.05) is 5.02 Å². The number of rotatable bonds is 4. The average Bonchev–Trinajstić information content (AvgIpc) is 2.27. The van der Waals surface area contributed by atoms with Gasteiger partial charge >= 0.3 is 5.97 Å². The predicted octanol–water partition coefficient (Wildman–Crippen LogP) is 2.13. The highest BCUT2D eigenvalue weighted by atomic mass is 35.5. The van der Waals surface area contributed by atoms with E-state index in [1.165, 1.54) is 7.11 Å². The Balaban J connectivity index is 2.80. The number of hydrogen-bond donors (Lipinski definition) is 1. The zero-order chi connectivity index (χ0) is 12.1. The molecule has 16 heavy (non-hydrogen) atoms. The first-order valence-corrected chi connectivity index (χ1v) is 5.42. The average molecular weight is 259 g/mol. The fourth-order valence-electron chi connectivity index (χ4n) is 1.27. The van der Waals surface area contributed by atoms with Crippen LogP contribution in [0.15, 0.2) is 24.3 Å². The summed E-state index contributed by atoms with van der Waals surface area (Å²) in [6.07, 6.45) is 0.270. The van der Waals surface area contributed by atoms with E-state index in [2.05, 4.69) is 17.4 Å². The monoisotopic (exact) mass is 258 g/mol. The molecule has 0 fully saturated rings. The molecule has 0 saturated carbocycles. The molecule has 5 heteroatoms. The summed E-state index contributed by atoms with van der Waals surface area (Å²) in [6, 6.07) is 6.92. The van der Waals surface area contributed by atoms with Crippen molar-refractivity contribution in [1.82, 2.24) is 0 Å². The van der Waals surface area contributed by atoms with Crippen molar-refractivity contribution in [3.63, 3.8) is 0 Å². The van der Waals surface area contributed by atoms with Crippen molar-refractivity contribution >= 4 is 35.3 Å². The predicted molar refractivity (Wildman–Crippen MR) is 64.7 cm³/mol. The molecule has 3 nitrogen and oxygen atoms in total. The van der Waals surface area contributed by atoms with Crippen LogP contribution in [0.5, 0.6) is 0 Å². The van der Waals surface area contributed by atoms with Crippen molar-refractivity contribution in [3.8, 4) is 0 Å². The summed E-state index contributed by atoms with van der Waals surface area (Å²) < 4.78 is 4.53. The van der Waals surface area contributed by atoms with Gasteiger partial charge in [0.1, 0.15) is 5.92 Å². The molecule has 0 spiro atoms. The highest BCUT2D eigenvalue weighted by Crippen LogP contribution is 2.16. The standard InChI is InChI=1S/C11H11ClO3S/c1-15-10(13)9(11(14)16)6-7-2-4-8(12)5-3-7/h2-5,9H,6H2,1H3,(H,14,16). The number of thiol groups is 1. The van der Waals surface area contributed by atoms with Gasteiger partial charge in [0.15, 0.2) is 0 Å². The molecule has 1 rings (SSSR count). The second-order valence-electron chi connectivity index (χ2n) is 3.24. The summed E-state index contributed by atoms with van der Waals surface area (Å²) in [7, 11) is 1.24. The largest absolute Gasteiger partial charge is 0.468 e. The third-order valence-electron chi connectivity index (χ3n) is 2.14. The van der Waals surface area contributed by atoms with Crippen LogP contribution in [-0.4, -0.2) is 18.2 Å². The maximum absolute atomic E-state index is 11.3. The number of ether oxygens (including phenoxy) is 1. The minimum Gasteiger partial charge on any atom is -0.468 e. The molecular weight excluding hydrogens is 248 g/mol. The summed E-state index contributed by atoms with van der Waals surface area (Å²) in [5, 5.41) is 0.109. The molecule has 0 aromatic heterocycles. The Labute approximate surface area is 104 Å². The summed E-state index contributed by atoms with van der Waals surface area (Å²) >= 11 is 9.40. The molecule has 0 bridgehead atoms. The molecule has 0 heterocycles. The molecule has 1 aromatic rings. The van der Waals surface area contributed by atoms with Crippen molar-refractivity contribution in [2.24, 2.45) is 5.92 Å². The van der Waals surface area contributed by atoms with Crippen LogP contribution in [0.4, 0.5) is 0 Å². The van der Waals surface area contributed by atoms with Gasteiger partial charge in [-0.05, 0) is 24.1 Å². The van der Waals surface area contributed by atoms with E-state index in [4.69, 9.17) is 11.6 Å². The van der Waals surface area contributed by atoms with Gasteiger partial charge < -0.3 is 4.74 Å². The van der Waals surface area contributed by atoms with E-state index in [1.54, 1.807) is 24.3 Å². The van der Waals surface area contributed by atoms with E-state index in [0.717, 1.165) is 5.56 Å². The number of hydrogen-bond acceptors (Lipinski definition) is 3. The first-order valence-electron chi connectivity index (χ1n) is 4.59.